The predicted octanol–water partition coefficient (Wildman–Crippen LogP) is 2.76. The molecule has 1 rings (SSSR count). The molecule has 2 atom stereocenters. The van der Waals surface area contributed by atoms with Crippen molar-refractivity contribution in [1.82, 2.24) is 0 Å². The normalized spacial score (nSPS) is 14.1. The summed E-state index contributed by atoms with van der Waals surface area (Å²) in [5, 5.41) is 19.5. The molecule has 0 aliphatic carbocycles. The molecule has 0 aliphatic rings. The zero-order chi connectivity index (χ0) is 14.3. The van der Waals surface area contributed by atoms with Crippen molar-refractivity contribution in [3.8, 4) is 0 Å². The number of aliphatic hydroxyl groups excluding tert-OH is 1. The smallest absolute Gasteiger partial charge is 0.309 e. The van der Waals surface area contributed by atoms with Crippen LogP contribution in [0.3, 0.4) is 0 Å². The van der Waals surface area contributed by atoms with Crippen LogP contribution in [0.25, 0.3) is 0 Å². The molecule has 0 aliphatic heterocycles. The van der Waals surface area contributed by atoms with Gasteiger partial charge in [0.15, 0.2) is 0 Å². The van der Waals surface area contributed by atoms with Gasteiger partial charge in [0.05, 0.1) is 18.6 Å². The molecular weight excluding hydrogens is 244 g/mol. The van der Waals surface area contributed by atoms with Gasteiger partial charge in [0.1, 0.15) is 0 Å². The lowest BCUT2D eigenvalue weighted by atomic mass is 9.90. The van der Waals surface area contributed by atoms with Gasteiger partial charge in [0, 0.05) is 7.11 Å². The van der Waals surface area contributed by atoms with Crippen LogP contribution in [0.2, 0.25) is 0 Å². The first-order chi connectivity index (χ1) is 9.10. The van der Waals surface area contributed by atoms with Gasteiger partial charge in [-0.1, -0.05) is 44.0 Å². The van der Waals surface area contributed by atoms with Crippen LogP contribution < -0.4 is 0 Å². The van der Waals surface area contributed by atoms with E-state index in [-0.39, 0.29) is 0 Å². The molecule has 0 amide bonds. The Hall–Kier alpha value is -1.39. The molecule has 0 saturated heterocycles. The Kier molecular flexibility index (Phi) is 6.53. The fourth-order valence-corrected chi connectivity index (χ4v) is 2.11. The fraction of sp³-hybridized carbons (Fsp3) is 0.533. The van der Waals surface area contributed by atoms with Gasteiger partial charge in [-0.15, -0.1) is 0 Å². The second-order valence-corrected chi connectivity index (χ2v) is 4.71. The third-order valence-corrected chi connectivity index (χ3v) is 3.17. The average molecular weight is 266 g/mol. The van der Waals surface area contributed by atoms with Crippen LogP contribution in [-0.2, 0) is 16.1 Å². The van der Waals surface area contributed by atoms with E-state index < -0.39 is 18.0 Å². The van der Waals surface area contributed by atoms with Crippen molar-refractivity contribution in [3.05, 3.63) is 35.4 Å². The minimum absolute atomic E-state index is 0.452. The SMILES string of the molecule is CCCCC(C(=O)O)C(O)c1cccc(COC)c1. The van der Waals surface area contributed by atoms with E-state index in [2.05, 4.69) is 0 Å². The molecule has 2 unspecified atom stereocenters. The number of benzene rings is 1. The van der Waals surface area contributed by atoms with E-state index in [4.69, 9.17) is 4.74 Å². The van der Waals surface area contributed by atoms with Crippen LogP contribution in [0.1, 0.15) is 43.4 Å². The predicted molar refractivity (Wildman–Crippen MR) is 72.8 cm³/mol. The Bertz CT molecular complexity index is 403. The molecule has 0 fully saturated rings. The van der Waals surface area contributed by atoms with E-state index in [1.165, 1.54) is 0 Å². The van der Waals surface area contributed by atoms with Crippen LogP contribution >= 0.6 is 0 Å². The molecule has 0 bridgehead atoms. The lowest BCUT2D eigenvalue weighted by molar-refractivity contribution is -0.146. The number of methoxy groups -OCH3 is 1. The molecule has 0 radical (unpaired) electrons. The summed E-state index contributed by atoms with van der Waals surface area (Å²) < 4.78 is 5.04. The molecule has 19 heavy (non-hydrogen) atoms. The van der Waals surface area contributed by atoms with E-state index in [9.17, 15) is 15.0 Å². The molecule has 4 nitrogen and oxygen atoms in total. The van der Waals surface area contributed by atoms with Gasteiger partial charge < -0.3 is 14.9 Å². The van der Waals surface area contributed by atoms with Crippen LogP contribution in [-0.4, -0.2) is 23.3 Å². The van der Waals surface area contributed by atoms with Crippen molar-refractivity contribution in [3.63, 3.8) is 0 Å². The summed E-state index contributed by atoms with van der Waals surface area (Å²) in [6.07, 6.45) is 1.23. The molecule has 0 saturated carbocycles. The van der Waals surface area contributed by atoms with Gasteiger partial charge in [0.2, 0.25) is 0 Å². The van der Waals surface area contributed by atoms with Crippen LogP contribution in [0.5, 0.6) is 0 Å². The summed E-state index contributed by atoms with van der Waals surface area (Å²) in [5.74, 6) is -1.70. The van der Waals surface area contributed by atoms with Crippen molar-refractivity contribution in [1.29, 1.82) is 0 Å². The molecule has 1 aromatic carbocycles. The summed E-state index contributed by atoms with van der Waals surface area (Å²) in [7, 11) is 1.60. The van der Waals surface area contributed by atoms with Gasteiger partial charge in [-0.2, -0.15) is 0 Å². The molecule has 0 heterocycles. The minimum atomic E-state index is -0.971. The van der Waals surface area contributed by atoms with Crippen molar-refractivity contribution in [2.75, 3.05) is 7.11 Å². The highest BCUT2D eigenvalue weighted by atomic mass is 16.5. The summed E-state index contributed by atoms with van der Waals surface area (Å²) in [4.78, 5) is 11.2. The van der Waals surface area contributed by atoms with Crippen LogP contribution in [0.15, 0.2) is 24.3 Å². The number of carboxylic acid groups (broad SMARTS) is 1. The van der Waals surface area contributed by atoms with Crippen molar-refractivity contribution in [2.45, 2.75) is 38.9 Å². The minimum Gasteiger partial charge on any atom is -0.481 e. The maximum Gasteiger partial charge on any atom is 0.309 e. The Labute approximate surface area is 114 Å². The number of rotatable bonds is 8. The second kappa shape index (κ2) is 7.92. The monoisotopic (exact) mass is 266 g/mol. The van der Waals surface area contributed by atoms with E-state index >= 15 is 0 Å². The largest absolute Gasteiger partial charge is 0.481 e. The molecule has 2 N–H and O–H groups in total. The Morgan fingerprint density at radius 3 is 2.74 bits per heavy atom. The Balaban J connectivity index is 2.85. The van der Waals surface area contributed by atoms with E-state index in [0.29, 0.717) is 18.6 Å². The summed E-state index contributed by atoms with van der Waals surface area (Å²) >= 11 is 0. The third-order valence-electron chi connectivity index (χ3n) is 3.17. The lowest BCUT2D eigenvalue weighted by Gasteiger charge is -2.19. The summed E-state index contributed by atoms with van der Waals surface area (Å²) in [6, 6.07) is 7.26. The highest BCUT2D eigenvalue weighted by Gasteiger charge is 2.27. The van der Waals surface area contributed by atoms with Crippen molar-refractivity contribution < 1.29 is 19.7 Å². The number of unbranched alkanes of at least 4 members (excludes halogenated alkanes) is 1. The highest BCUT2D eigenvalue weighted by molar-refractivity contribution is 5.71. The summed E-state index contributed by atoms with van der Waals surface area (Å²) in [5.41, 5.74) is 1.57. The second-order valence-electron chi connectivity index (χ2n) is 4.71. The van der Waals surface area contributed by atoms with Crippen molar-refractivity contribution in [2.24, 2.45) is 5.92 Å². The molecule has 1 aromatic rings. The molecular formula is C15H22O4. The van der Waals surface area contributed by atoms with Crippen LogP contribution in [0.4, 0.5) is 0 Å². The van der Waals surface area contributed by atoms with Crippen LogP contribution in [0, 0.1) is 5.92 Å². The van der Waals surface area contributed by atoms with Gasteiger partial charge in [-0.25, -0.2) is 0 Å². The van der Waals surface area contributed by atoms with Gasteiger partial charge in [-0.3, -0.25) is 4.79 Å². The maximum absolute atomic E-state index is 11.2. The zero-order valence-electron chi connectivity index (χ0n) is 11.5. The Morgan fingerprint density at radius 2 is 2.16 bits per heavy atom. The number of aliphatic carboxylic acids is 1. The first-order valence-electron chi connectivity index (χ1n) is 6.58. The van der Waals surface area contributed by atoms with E-state index in [0.717, 1.165) is 18.4 Å². The maximum atomic E-state index is 11.2. The number of carbonyl (C=O) groups is 1. The highest BCUT2D eigenvalue weighted by Crippen LogP contribution is 2.27. The first kappa shape index (κ1) is 15.7. The van der Waals surface area contributed by atoms with Crippen molar-refractivity contribution >= 4 is 5.97 Å². The fourth-order valence-electron chi connectivity index (χ4n) is 2.11. The molecule has 4 heteroatoms. The number of hydrogen-bond acceptors (Lipinski definition) is 3. The average Bonchev–Trinajstić information content (AvgIpc) is 2.39. The quantitative estimate of drug-likeness (QED) is 0.759. The van der Waals surface area contributed by atoms with E-state index in [1.54, 1.807) is 19.2 Å². The first-order valence-corrected chi connectivity index (χ1v) is 6.58. The zero-order valence-corrected chi connectivity index (χ0v) is 11.5. The van der Waals surface area contributed by atoms with Gasteiger partial charge >= 0.3 is 5.97 Å². The number of aliphatic hydroxyl groups is 1. The standard InChI is InChI=1S/C15H22O4/c1-3-4-8-13(15(17)18)14(16)12-7-5-6-11(9-12)10-19-2/h5-7,9,13-14,16H,3-4,8,10H2,1-2H3,(H,17,18). The Morgan fingerprint density at radius 1 is 1.42 bits per heavy atom. The number of carboxylic acids is 1. The third kappa shape index (κ3) is 4.65. The number of hydrogen-bond donors (Lipinski definition) is 2. The van der Waals surface area contributed by atoms with Gasteiger partial charge in [0.25, 0.3) is 0 Å². The molecule has 0 aromatic heterocycles. The molecule has 106 valence electrons. The van der Waals surface area contributed by atoms with Gasteiger partial charge in [-0.05, 0) is 17.5 Å². The summed E-state index contributed by atoms with van der Waals surface area (Å²) in [6.45, 7) is 2.46. The molecule has 0 spiro atoms. The number of ether oxygens (including phenoxy) is 1. The lowest BCUT2D eigenvalue weighted by Crippen LogP contribution is -2.22. The van der Waals surface area contributed by atoms with E-state index in [1.807, 2.05) is 19.1 Å². The topological polar surface area (TPSA) is 66.8 Å².